The van der Waals surface area contributed by atoms with Crippen molar-refractivity contribution in [3.05, 3.63) is 60.2 Å². The van der Waals surface area contributed by atoms with Crippen LogP contribution in [0, 0.1) is 0 Å². The van der Waals surface area contributed by atoms with Crippen molar-refractivity contribution < 1.29 is 9.53 Å². The molecule has 0 aliphatic carbocycles. The summed E-state index contributed by atoms with van der Waals surface area (Å²) in [4.78, 5) is 17.0. The Morgan fingerprint density at radius 1 is 0.962 bits per heavy atom. The number of ether oxygens (including phenoxy) is 1. The third kappa shape index (κ3) is 5.58. The molecule has 3 rings (SSSR count). The highest BCUT2D eigenvalue weighted by Gasteiger charge is 2.17. The third-order valence-corrected chi connectivity index (χ3v) is 4.74. The van der Waals surface area contributed by atoms with E-state index in [1.807, 2.05) is 24.3 Å². The summed E-state index contributed by atoms with van der Waals surface area (Å²) in [6, 6.07) is 18.0. The molecular formula is C21H27N3O2. The first-order chi connectivity index (χ1) is 12.7. The van der Waals surface area contributed by atoms with Crippen molar-refractivity contribution in [1.82, 2.24) is 9.80 Å². The number of carbonyl (C=O) groups is 1. The first kappa shape index (κ1) is 18.4. The van der Waals surface area contributed by atoms with Gasteiger partial charge in [0.1, 0.15) is 5.75 Å². The summed E-state index contributed by atoms with van der Waals surface area (Å²) in [5, 5.41) is 2.94. The lowest BCUT2D eigenvalue weighted by Gasteiger charge is -2.34. The minimum absolute atomic E-state index is 0.0573. The van der Waals surface area contributed by atoms with Gasteiger partial charge < -0.3 is 15.0 Å². The molecule has 138 valence electrons. The topological polar surface area (TPSA) is 44.8 Å². The van der Waals surface area contributed by atoms with Crippen molar-refractivity contribution in [3.8, 4) is 5.75 Å². The summed E-state index contributed by atoms with van der Waals surface area (Å²) in [6.07, 6.45) is 0.519. The molecule has 26 heavy (non-hydrogen) atoms. The van der Waals surface area contributed by atoms with Gasteiger partial charge in [0.2, 0.25) is 5.91 Å². The number of hydrogen-bond acceptors (Lipinski definition) is 4. The van der Waals surface area contributed by atoms with Crippen LogP contribution in [0.2, 0.25) is 0 Å². The number of methoxy groups -OCH3 is 1. The molecule has 1 aliphatic rings. The van der Waals surface area contributed by atoms with Crippen molar-refractivity contribution in [2.45, 2.75) is 13.0 Å². The minimum atomic E-state index is 0.0573. The average Bonchev–Trinajstić information content (AvgIpc) is 2.69. The first-order valence-electron chi connectivity index (χ1n) is 9.15. The summed E-state index contributed by atoms with van der Waals surface area (Å²) >= 11 is 0. The molecule has 2 aromatic rings. The second-order valence-corrected chi connectivity index (χ2v) is 6.63. The van der Waals surface area contributed by atoms with Gasteiger partial charge in [-0.25, -0.2) is 0 Å². The molecule has 0 unspecified atom stereocenters. The van der Waals surface area contributed by atoms with Crippen LogP contribution in [0.5, 0.6) is 5.75 Å². The molecule has 1 saturated heterocycles. The number of amides is 1. The van der Waals surface area contributed by atoms with E-state index in [0.717, 1.165) is 50.7 Å². The number of benzene rings is 2. The van der Waals surface area contributed by atoms with Gasteiger partial charge in [0.25, 0.3) is 0 Å². The number of anilines is 1. The molecule has 1 N–H and O–H groups in total. The fourth-order valence-electron chi connectivity index (χ4n) is 3.17. The number of nitrogens with zero attached hydrogens (tertiary/aromatic N) is 2. The number of piperazine rings is 1. The molecule has 1 heterocycles. The average molecular weight is 353 g/mol. The SMILES string of the molecule is COc1ccc(NC(=O)CCN2CCN(Cc3ccccc3)CC2)cc1. The van der Waals surface area contributed by atoms with Crippen molar-refractivity contribution >= 4 is 11.6 Å². The first-order valence-corrected chi connectivity index (χ1v) is 9.15. The molecule has 5 heteroatoms. The predicted molar refractivity (Wildman–Crippen MR) is 104 cm³/mol. The summed E-state index contributed by atoms with van der Waals surface area (Å²) in [5.41, 5.74) is 2.17. The Balaban J connectivity index is 1.35. The van der Waals surface area contributed by atoms with Gasteiger partial charge in [-0.1, -0.05) is 30.3 Å². The summed E-state index contributed by atoms with van der Waals surface area (Å²) in [7, 11) is 1.63. The molecule has 0 radical (unpaired) electrons. The molecular weight excluding hydrogens is 326 g/mol. The zero-order chi connectivity index (χ0) is 18.2. The van der Waals surface area contributed by atoms with Gasteiger partial charge in [0, 0.05) is 51.4 Å². The lowest BCUT2D eigenvalue weighted by molar-refractivity contribution is -0.116. The second-order valence-electron chi connectivity index (χ2n) is 6.63. The predicted octanol–water partition coefficient (Wildman–Crippen LogP) is 2.84. The van der Waals surface area contributed by atoms with Gasteiger partial charge in [-0.2, -0.15) is 0 Å². The maximum absolute atomic E-state index is 12.1. The monoisotopic (exact) mass is 353 g/mol. The molecule has 0 atom stereocenters. The summed E-state index contributed by atoms with van der Waals surface area (Å²) in [6.45, 7) is 5.95. The van der Waals surface area contributed by atoms with Crippen LogP contribution in [0.15, 0.2) is 54.6 Å². The molecule has 0 aromatic heterocycles. The van der Waals surface area contributed by atoms with Crippen molar-refractivity contribution in [3.63, 3.8) is 0 Å². The second kappa shape index (κ2) is 9.36. The van der Waals surface area contributed by atoms with Gasteiger partial charge in [-0.3, -0.25) is 9.69 Å². The van der Waals surface area contributed by atoms with Gasteiger partial charge in [-0.15, -0.1) is 0 Å². The highest BCUT2D eigenvalue weighted by molar-refractivity contribution is 5.90. The van der Waals surface area contributed by atoms with Gasteiger partial charge in [-0.05, 0) is 29.8 Å². The Labute approximate surface area is 155 Å². The van der Waals surface area contributed by atoms with E-state index in [0.29, 0.717) is 6.42 Å². The maximum Gasteiger partial charge on any atom is 0.225 e. The van der Waals surface area contributed by atoms with Crippen LogP contribution in [0.3, 0.4) is 0 Å². The zero-order valence-electron chi connectivity index (χ0n) is 15.4. The Morgan fingerprint density at radius 3 is 2.27 bits per heavy atom. The van der Waals surface area contributed by atoms with E-state index in [-0.39, 0.29) is 5.91 Å². The minimum Gasteiger partial charge on any atom is -0.497 e. The zero-order valence-corrected chi connectivity index (χ0v) is 15.4. The van der Waals surface area contributed by atoms with Gasteiger partial charge in [0.05, 0.1) is 7.11 Å². The van der Waals surface area contributed by atoms with Crippen LogP contribution in [-0.2, 0) is 11.3 Å². The van der Waals surface area contributed by atoms with Gasteiger partial charge in [0.15, 0.2) is 0 Å². The Hall–Kier alpha value is -2.37. The molecule has 5 nitrogen and oxygen atoms in total. The molecule has 1 amide bonds. The maximum atomic E-state index is 12.1. The number of carbonyl (C=O) groups excluding carboxylic acids is 1. The fraction of sp³-hybridized carbons (Fsp3) is 0.381. The van der Waals surface area contributed by atoms with Crippen molar-refractivity contribution in [1.29, 1.82) is 0 Å². The molecule has 1 aliphatic heterocycles. The van der Waals surface area contributed by atoms with Crippen molar-refractivity contribution in [2.75, 3.05) is 45.2 Å². The Bertz CT molecular complexity index is 680. The highest BCUT2D eigenvalue weighted by atomic mass is 16.5. The summed E-state index contributed by atoms with van der Waals surface area (Å²) in [5.74, 6) is 0.846. The molecule has 0 spiro atoms. The van der Waals surface area contributed by atoms with E-state index in [1.54, 1.807) is 7.11 Å². The largest absolute Gasteiger partial charge is 0.497 e. The molecule has 0 bridgehead atoms. The van der Waals surface area contributed by atoms with Crippen LogP contribution < -0.4 is 10.1 Å². The van der Waals surface area contributed by atoms with E-state index in [4.69, 9.17) is 4.74 Å². The van der Waals surface area contributed by atoms with E-state index in [1.165, 1.54) is 5.56 Å². The smallest absolute Gasteiger partial charge is 0.225 e. The van der Waals surface area contributed by atoms with E-state index < -0.39 is 0 Å². The third-order valence-electron chi connectivity index (χ3n) is 4.74. The Kier molecular flexibility index (Phi) is 6.63. The molecule has 0 saturated carbocycles. The molecule has 1 fully saturated rings. The Morgan fingerprint density at radius 2 is 1.62 bits per heavy atom. The quantitative estimate of drug-likeness (QED) is 0.831. The molecule has 2 aromatic carbocycles. The normalized spacial score (nSPS) is 15.6. The van der Waals surface area contributed by atoms with E-state index in [2.05, 4.69) is 45.4 Å². The van der Waals surface area contributed by atoms with Crippen LogP contribution in [0.25, 0.3) is 0 Å². The standard InChI is InChI=1S/C21H27N3O2/c1-26-20-9-7-19(8-10-20)22-21(25)11-12-23-13-15-24(16-14-23)17-18-5-3-2-4-6-18/h2-10H,11-17H2,1H3,(H,22,25). The highest BCUT2D eigenvalue weighted by Crippen LogP contribution is 2.15. The number of nitrogens with one attached hydrogen (secondary N) is 1. The van der Waals surface area contributed by atoms with Gasteiger partial charge >= 0.3 is 0 Å². The van der Waals surface area contributed by atoms with Crippen LogP contribution in [0.1, 0.15) is 12.0 Å². The van der Waals surface area contributed by atoms with E-state index in [9.17, 15) is 4.79 Å². The van der Waals surface area contributed by atoms with Crippen molar-refractivity contribution in [2.24, 2.45) is 0 Å². The lowest BCUT2D eigenvalue weighted by Crippen LogP contribution is -2.46. The number of rotatable bonds is 7. The van der Waals surface area contributed by atoms with Crippen LogP contribution in [-0.4, -0.2) is 55.5 Å². The van der Waals surface area contributed by atoms with Crippen LogP contribution in [0.4, 0.5) is 5.69 Å². The van der Waals surface area contributed by atoms with E-state index >= 15 is 0 Å². The fourth-order valence-corrected chi connectivity index (χ4v) is 3.17. The lowest BCUT2D eigenvalue weighted by atomic mass is 10.2. The summed E-state index contributed by atoms with van der Waals surface area (Å²) < 4.78 is 5.12. The van der Waals surface area contributed by atoms with Crippen LogP contribution >= 0.6 is 0 Å². The number of hydrogen-bond donors (Lipinski definition) is 1.